The van der Waals surface area contributed by atoms with Crippen molar-refractivity contribution in [1.29, 1.82) is 0 Å². The summed E-state index contributed by atoms with van der Waals surface area (Å²) >= 11 is 2.30. The molecule has 0 saturated carbocycles. The summed E-state index contributed by atoms with van der Waals surface area (Å²) in [4.78, 5) is 54.0. The van der Waals surface area contributed by atoms with Gasteiger partial charge in [0.15, 0.2) is 0 Å². The van der Waals surface area contributed by atoms with Crippen molar-refractivity contribution in [3.63, 3.8) is 0 Å². The highest BCUT2D eigenvalue weighted by Crippen LogP contribution is 2.50. The van der Waals surface area contributed by atoms with E-state index in [4.69, 9.17) is 32.9 Å². The molecule has 1 fully saturated rings. The number of carbonyl (C=O) groups is 3. The molecule has 0 aliphatic carbocycles. The van der Waals surface area contributed by atoms with Gasteiger partial charge in [0, 0.05) is 17.3 Å². The number of fused-ring (bicyclic) bond motifs is 1. The standard InChI is InChI=1S/C56H50FN6O10PS2/c1-68-44-32-30-39(31-33-44)37-69-54(66)49-40(19-17-18-35-71-74(67,72-45-26-13-5-14-27-45)73-46-28-15-6-16-29-46)38-75-53-48(52(65)63(49)53)58-51(64)47(61-70-36-34-57)50-59-55(76-62-50)60-56(41-20-7-2-8-21-41,42-22-9-3-10-23-42)43-24-11-4-12-25-43/h2-18,20-33,48,53H,19,34-38H2,1H3,(H,58,64)(H,59,60,62)/b18-17+,61-47-/t48-,53-/m1/s1. The Labute approximate surface area is 446 Å². The van der Waals surface area contributed by atoms with Crippen molar-refractivity contribution in [3.05, 3.63) is 227 Å². The first-order chi connectivity index (χ1) is 37.2. The van der Waals surface area contributed by atoms with Crippen LogP contribution in [0.3, 0.4) is 0 Å². The fourth-order valence-corrected chi connectivity index (χ4v) is 11.5. The highest BCUT2D eigenvalue weighted by Gasteiger charge is 2.55. The van der Waals surface area contributed by atoms with Crippen LogP contribution in [0, 0.1) is 0 Å². The number of hydrogen-bond acceptors (Lipinski definition) is 16. The number of amides is 2. The lowest BCUT2D eigenvalue weighted by atomic mass is 9.77. The Morgan fingerprint density at radius 1 is 0.789 bits per heavy atom. The largest absolute Gasteiger partial charge is 0.587 e. The number of thioether (sulfide) groups is 1. The summed E-state index contributed by atoms with van der Waals surface area (Å²) in [5, 5.41) is 9.93. The summed E-state index contributed by atoms with van der Waals surface area (Å²) in [6, 6.07) is 52.3. The van der Waals surface area contributed by atoms with Gasteiger partial charge in [-0.3, -0.25) is 19.0 Å². The van der Waals surface area contributed by atoms with Crippen molar-refractivity contribution in [3.8, 4) is 17.2 Å². The minimum atomic E-state index is -4.20. The van der Waals surface area contributed by atoms with Gasteiger partial charge in [-0.25, -0.2) is 13.8 Å². The Kier molecular flexibility index (Phi) is 17.3. The monoisotopic (exact) mass is 1080 g/mol. The molecule has 16 nitrogen and oxygen atoms in total. The van der Waals surface area contributed by atoms with Crippen LogP contribution >= 0.6 is 31.1 Å². The summed E-state index contributed by atoms with van der Waals surface area (Å²) in [5.41, 5.74) is 2.56. The summed E-state index contributed by atoms with van der Waals surface area (Å²) in [6.07, 6.45) is 3.47. The number of allylic oxidation sites excluding steroid dienone is 1. The van der Waals surface area contributed by atoms with Gasteiger partial charge in [0.25, 0.3) is 11.8 Å². The van der Waals surface area contributed by atoms with Crippen LogP contribution in [-0.2, 0) is 45.2 Å². The summed E-state index contributed by atoms with van der Waals surface area (Å²) in [7, 11) is -2.66. The lowest BCUT2D eigenvalue weighted by molar-refractivity contribution is -0.153. The molecule has 76 heavy (non-hydrogen) atoms. The first-order valence-electron chi connectivity index (χ1n) is 23.9. The second-order valence-electron chi connectivity index (χ2n) is 16.8. The van der Waals surface area contributed by atoms with Crippen LogP contribution < -0.4 is 24.4 Å². The van der Waals surface area contributed by atoms with E-state index in [1.165, 1.54) is 16.7 Å². The number of nitrogens with zero attached hydrogens (tertiary/aromatic N) is 4. The number of oxime groups is 1. The van der Waals surface area contributed by atoms with E-state index in [-0.39, 0.29) is 48.4 Å². The van der Waals surface area contributed by atoms with Crippen LogP contribution in [0.1, 0.15) is 34.5 Å². The third kappa shape index (κ3) is 12.4. The predicted octanol–water partition coefficient (Wildman–Crippen LogP) is 10.3. The molecule has 6 aromatic carbocycles. The third-order valence-corrected chi connectivity index (χ3v) is 15.2. The quantitative estimate of drug-likeness (QED) is 0.00850. The number of ether oxygens (including phenoxy) is 2. The van der Waals surface area contributed by atoms with Crippen LogP contribution in [0.5, 0.6) is 17.2 Å². The molecule has 0 spiro atoms. The van der Waals surface area contributed by atoms with E-state index in [1.807, 2.05) is 91.0 Å². The molecule has 7 aromatic rings. The molecule has 2 N–H and O–H groups in total. The maximum Gasteiger partial charge on any atom is 0.587 e. The smallest absolute Gasteiger partial charge is 0.497 e. The molecule has 2 amide bonds. The summed E-state index contributed by atoms with van der Waals surface area (Å²) < 4.78 is 60.1. The number of hydrogen-bond donors (Lipinski definition) is 2. The number of nitrogens with one attached hydrogen (secondary N) is 2. The maximum atomic E-state index is 14.3. The molecule has 2 aliphatic heterocycles. The molecular weight excluding hydrogens is 1030 g/mol. The van der Waals surface area contributed by atoms with E-state index >= 15 is 0 Å². The van der Waals surface area contributed by atoms with Gasteiger partial charge in [0.1, 0.15) is 59.8 Å². The Hall–Kier alpha value is -8.09. The van der Waals surface area contributed by atoms with Crippen LogP contribution in [0.15, 0.2) is 205 Å². The fraction of sp³-hybridized carbons (Fsp3) is 0.179. The van der Waals surface area contributed by atoms with Gasteiger partial charge >= 0.3 is 13.8 Å². The molecule has 20 heteroatoms. The number of anilines is 1. The maximum absolute atomic E-state index is 14.3. The van der Waals surface area contributed by atoms with Crippen molar-refractivity contribution >= 4 is 59.7 Å². The number of phosphoric ester groups is 1. The van der Waals surface area contributed by atoms with Crippen molar-refractivity contribution in [2.24, 2.45) is 5.16 Å². The Balaban J connectivity index is 0.941. The molecule has 2 atom stereocenters. The Morgan fingerprint density at radius 2 is 1.36 bits per heavy atom. The molecule has 0 bridgehead atoms. The van der Waals surface area contributed by atoms with E-state index in [9.17, 15) is 23.3 Å². The number of rotatable bonds is 24. The first-order valence-corrected chi connectivity index (χ1v) is 27.2. The highest BCUT2D eigenvalue weighted by molar-refractivity contribution is 8.00. The zero-order chi connectivity index (χ0) is 52.7. The molecular formula is C56H50FN6O10PS2. The summed E-state index contributed by atoms with van der Waals surface area (Å²) in [5.74, 6) is -0.934. The normalized spacial score (nSPS) is 15.6. The Bertz CT molecular complexity index is 3090. The predicted molar refractivity (Wildman–Crippen MR) is 287 cm³/mol. The number of aromatic nitrogens is 2. The number of phosphoric acid groups is 1. The number of methoxy groups -OCH3 is 1. The molecule has 3 heterocycles. The number of halogens is 1. The number of esters is 1. The average Bonchev–Trinajstić information content (AvgIpc) is 3.93. The summed E-state index contributed by atoms with van der Waals surface area (Å²) in [6.45, 7) is -1.66. The van der Waals surface area contributed by atoms with Crippen LogP contribution in [-0.4, -0.2) is 81.9 Å². The van der Waals surface area contributed by atoms with Crippen molar-refractivity contribution < 1.29 is 51.2 Å². The van der Waals surface area contributed by atoms with Gasteiger partial charge < -0.3 is 34.0 Å². The minimum Gasteiger partial charge on any atom is -0.497 e. The van der Waals surface area contributed by atoms with E-state index in [0.29, 0.717) is 22.0 Å². The van der Waals surface area contributed by atoms with Gasteiger partial charge in [0.2, 0.25) is 16.7 Å². The van der Waals surface area contributed by atoms with E-state index in [1.54, 1.807) is 104 Å². The van der Waals surface area contributed by atoms with Gasteiger partial charge in [-0.05, 0) is 70.6 Å². The Morgan fingerprint density at radius 3 is 1.91 bits per heavy atom. The molecule has 388 valence electrons. The number of benzene rings is 6. The third-order valence-electron chi connectivity index (χ3n) is 11.9. The second-order valence-corrected chi connectivity index (χ2v) is 20.2. The molecule has 1 aromatic heterocycles. The zero-order valence-corrected chi connectivity index (χ0v) is 43.3. The molecule has 1 saturated heterocycles. The van der Waals surface area contributed by atoms with Gasteiger partial charge in [-0.2, -0.15) is 9.36 Å². The van der Waals surface area contributed by atoms with Crippen molar-refractivity contribution in [2.75, 3.05) is 38.1 Å². The van der Waals surface area contributed by atoms with Crippen molar-refractivity contribution in [1.82, 2.24) is 19.6 Å². The van der Waals surface area contributed by atoms with Crippen molar-refractivity contribution in [2.45, 2.75) is 30.0 Å². The lowest BCUT2D eigenvalue weighted by Crippen LogP contribution is -2.71. The number of carbonyl (C=O) groups excluding carboxylic acids is 3. The van der Waals surface area contributed by atoms with Gasteiger partial charge in [-0.1, -0.05) is 157 Å². The van der Waals surface area contributed by atoms with Crippen LogP contribution in [0.4, 0.5) is 9.52 Å². The minimum absolute atomic E-state index is 0.0135. The van der Waals surface area contributed by atoms with E-state index in [2.05, 4.69) is 20.2 Å². The average molecular weight is 1080 g/mol. The van der Waals surface area contributed by atoms with Gasteiger partial charge in [0.05, 0.1) is 13.7 Å². The first kappa shape index (κ1) is 52.8. The number of alkyl halides is 1. The SMILES string of the molecule is COc1ccc(COC(=O)C2=C(C/C=C/COP(=O)(Oc3ccccc3)Oc3ccccc3)CS[C@@H]3[C@H](NC(=O)/C(=N\OCCF)c4nsc(NC(c5ccccc5)(c5ccccc5)c5ccccc5)n4)C(=O)N23)cc1. The van der Waals surface area contributed by atoms with E-state index in [0.717, 1.165) is 28.2 Å². The molecule has 0 radical (unpaired) electrons. The van der Waals surface area contributed by atoms with Crippen LogP contribution in [0.2, 0.25) is 0 Å². The number of para-hydroxylation sites is 2. The molecule has 9 rings (SSSR count). The highest BCUT2D eigenvalue weighted by atomic mass is 32.2. The van der Waals surface area contributed by atoms with Gasteiger partial charge in [-0.15, -0.1) is 11.8 Å². The fourth-order valence-electron chi connectivity index (χ4n) is 8.34. The second kappa shape index (κ2) is 25.0. The van der Waals surface area contributed by atoms with Crippen LogP contribution in [0.25, 0.3) is 0 Å². The zero-order valence-electron chi connectivity index (χ0n) is 40.8. The molecule has 0 unspecified atom stereocenters. The molecule has 2 aliphatic rings. The number of β-lactam (4-membered cyclic amide) rings is 1. The topological polar surface area (TPSA) is 189 Å². The lowest BCUT2D eigenvalue weighted by Gasteiger charge is -2.49. The van der Waals surface area contributed by atoms with E-state index < -0.39 is 61.6 Å².